The highest BCUT2D eigenvalue weighted by atomic mass is 32.1. The number of carbonyl (C=O) groups excluding carboxylic acids is 1. The van der Waals surface area contributed by atoms with Crippen LogP contribution in [0.3, 0.4) is 0 Å². The number of nitriles is 1. The zero-order valence-electron chi connectivity index (χ0n) is 16.8. The smallest absolute Gasteiger partial charge is 0.268 e. The molecule has 1 N–H and O–H groups in total. The van der Waals surface area contributed by atoms with E-state index in [0.717, 1.165) is 35.7 Å². The van der Waals surface area contributed by atoms with Crippen molar-refractivity contribution in [1.29, 1.82) is 5.26 Å². The first-order valence-corrected chi connectivity index (χ1v) is 10.3. The second-order valence-corrected chi connectivity index (χ2v) is 7.86. The fraction of sp³-hybridized carbons (Fsp3) is 0.273. The third-order valence-corrected chi connectivity index (χ3v) is 5.54. The summed E-state index contributed by atoms with van der Waals surface area (Å²) in [6.07, 6.45) is 6.44. The normalized spacial score (nSPS) is 11.3. The van der Waals surface area contributed by atoms with Gasteiger partial charge in [-0.1, -0.05) is 30.7 Å². The molecule has 0 saturated heterocycles. The second-order valence-electron chi connectivity index (χ2n) is 6.80. The van der Waals surface area contributed by atoms with Crippen molar-refractivity contribution in [1.82, 2.24) is 14.8 Å². The summed E-state index contributed by atoms with van der Waals surface area (Å²) in [6.45, 7) is 6.24. The van der Waals surface area contributed by atoms with Gasteiger partial charge in [-0.25, -0.2) is 0 Å². The van der Waals surface area contributed by atoms with Gasteiger partial charge in [0.05, 0.1) is 0 Å². The second kappa shape index (κ2) is 9.30. The molecule has 0 spiro atoms. The summed E-state index contributed by atoms with van der Waals surface area (Å²) >= 11 is 1.34. The van der Waals surface area contributed by atoms with Crippen molar-refractivity contribution < 1.29 is 4.79 Å². The third-order valence-electron chi connectivity index (χ3n) is 4.64. The van der Waals surface area contributed by atoms with Crippen LogP contribution in [0.15, 0.2) is 42.1 Å². The molecule has 0 bridgehead atoms. The molecule has 0 fully saturated rings. The predicted octanol–water partition coefficient (Wildman–Crippen LogP) is 4.83. The molecule has 0 radical (unpaired) electrons. The van der Waals surface area contributed by atoms with E-state index in [0.29, 0.717) is 5.13 Å². The number of nitrogens with one attached hydrogen (secondary N) is 1. The number of aromatic nitrogens is 3. The highest BCUT2D eigenvalue weighted by molar-refractivity contribution is 7.15. The molecular formula is C22H23N5OS. The van der Waals surface area contributed by atoms with Gasteiger partial charge in [0.2, 0.25) is 5.13 Å². The van der Waals surface area contributed by atoms with Gasteiger partial charge in [0.25, 0.3) is 5.91 Å². The van der Waals surface area contributed by atoms with E-state index in [9.17, 15) is 10.1 Å². The van der Waals surface area contributed by atoms with Gasteiger partial charge in [0, 0.05) is 24.0 Å². The topological polar surface area (TPSA) is 83.6 Å². The number of aryl methyl sites for hydroxylation is 3. The van der Waals surface area contributed by atoms with Crippen molar-refractivity contribution in [3.63, 3.8) is 0 Å². The minimum absolute atomic E-state index is 0.0130. The number of unbranched alkanes of at least 4 members (excludes halogenated alkanes) is 1. The van der Waals surface area contributed by atoms with E-state index >= 15 is 0 Å². The fourth-order valence-corrected chi connectivity index (χ4v) is 3.59. The van der Waals surface area contributed by atoms with Crippen molar-refractivity contribution in [3.05, 3.63) is 63.9 Å². The third kappa shape index (κ3) is 4.98. The summed E-state index contributed by atoms with van der Waals surface area (Å²) in [4.78, 5) is 12.6. The fourth-order valence-electron chi connectivity index (χ4n) is 2.82. The Kier molecular flexibility index (Phi) is 6.57. The van der Waals surface area contributed by atoms with Crippen LogP contribution in [0.5, 0.6) is 0 Å². The monoisotopic (exact) mass is 405 g/mol. The van der Waals surface area contributed by atoms with Gasteiger partial charge in [-0.15, -0.1) is 10.2 Å². The Hall–Kier alpha value is -3.24. The van der Waals surface area contributed by atoms with Gasteiger partial charge in [-0.3, -0.25) is 10.1 Å². The molecule has 0 saturated carbocycles. The molecule has 29 heavy (non-hydrogen) atoms. The molecule has 1 aromatic carbocycles. The van der Waals surface area contributed by atoms with Crippen molar-refractivity contribution in [2.75, 3.05) is 5.32 Å². The van der Waals surface area contributed by atoms with Crippen molar-refractivity contribution in [2.24, 2.45) is 0 Å². The minimum Gasteiger partial charge on any atom is -0.317 e. The SMILES string of the molecule is CCCCc1nnc(NC(=O)/C(C#N)=C\c2cccn2-c2ccc(C)c(C)c2)s1. The van der Waals surface area contributed by atoms with Crippen LogP contribution in [0.4, 0.5) is 5.13 Å². The molecule has 1 amide bonds. The van der Waals surface area contributed by atoms with Crippen LogP contribution in [0.2, 0.25) is 0 Å². The Morgan fingerprint density at radius 3 is 2.83 bits per heavy atom. The molecule has 0 aliphatic rings. The zero-order chi connectivity index (χ0) is 20.8. The summed E-state index contributed by atoms with van der Waals surface area (Å²) in [5.74, 6) is -0.487. The molecule has 0 atom stereocenters. The van der Waals surface area contributed by atoms with Crippen LogP contribution in [0, 0.1) is 25.2 Å². The molecule has 7 heteroatoms. The maximum Gasteiger partial charge on any atom is 0.268 e. The van der Waals surface area contributed by atoms with Gasteiger partial charge >= 0.3 is 0 Å². The van der Waals surface area contributed by atoms with Crippen molar-refractivity contribution in [2.45, 2.75) is 40.0 Å². The number of amides is 1. The van der Waals surface area contributed by atoms with E-state index < -0.39 is 5.91 Å². The van der Waals surface area contributed by atoms with E-state index in [2.05, 4.69) is 48.4 Å². The molecule has 0 unspecified atom stereocenters. The van der Waals surface area contributed by atoms with E-state index in [1.807, 2.05) is 35.0 Å². The van der Waals surface area contributed by atoms with Gasteiger partial charge < -0.3 is 4.57 Å². The Labute approximate surface area is 174 Å². The van der Waals surface area contributed by atoms with Crippen molar-refractivity contribution >= 4 is 28.5 Å². The first-order chi connectivity index (χ1) is 14.0. The molecular weight excluding hydrogens is 382 g/mol. The summed E-state index contributed by atoms with van der Waals surface area (Å²) in [7, 11) is 0. The van der Waals surface area contributed by atoms with Crippen LogP contribution in [-0.2, 0) is 11.2 Å². The minimum atomic E-state index is -0.487. The number of anilines is 1. The van der Waals surface area contributed by atoms with Crippen LogP contribution in [0.25, 0.3) is 11.8 Å². The number of hydrogen-bond donors (Lipinski definition) is 1. The number of hydrogen-bond acceptors (Lipinski definition) is 5. The molecule has 3 rings (SSSR count). The highest BCUT2D eigenvalue weighted by Crippen LogP contribution is 2.20. The molecule has 2 heterocycles. The maximum atomic E-state index is 12.6. The van der Waals surface area contributed by atoms with Gasteiger partial charge in [-0.05, 0) is 61.7 Å². The van der Waals surface area contributed by atoms with Crippen LogP contribution in [-0.4, -0.2) is 20.7 Å². The standard InChI is InChI=1S/C22H23N5OS/c1-4-5-8-20-25-26-22(29-20)24-21(28)17(14-23)13-18-7-6-11-27(18)19-10-9-15(2)16(3)12-19/h6-7,9-13H,4-5,8H2,1-3H3,(H,24,26,28)/b17-13-. The van der Waals surface area contributed by atoms with Crippen LogP contribution in [0.1, 0.15) is 41.6 Å². The van der Waals surface area contributed by atoms with Crippen molar-refractivity contribution in [3.8, 4) is 11.8 Å². The number of rotatable bonds is 7. The summed E-state index contributed by atoms with van der Waals surface area (Å²) in [5, 5.41) is 21.6. The lowest BCUT2D eigenvalue weighted by molar-refractivity contribution is -0.112. The lowest BCUT2D eigenvalue weighted by atomic mass is 10.1. The molecule has 3 aromatic rings. The van der Waals surface area contributed by atoms with Crippen LogP contribution >= 0.6 is 11.3 Å². The lowest BCUT2D eigenvalue weighted by Gasteiger charge is -2.09. The number of carbonyl (C=O) groups is 1. The predicted molar refractivity (Wildman–Crippen MR) is 116 cm³/mol. The van der Waals surface area contributed by atoms with E-state index in [-0.39, 0.29) is 5.57 Å². The molecule has 2 aromatic heterocycles. The number of nitrogens with zero attached hydrogens (tertiary/aromatic N) is 4. The maximum absolute atomic E-state index is 12.6. The Bertz CT molecular complexity index is 1090. The van der Waals surface area contributed by atoms with E-state index in [4.69, 9.17) is 0 Å². The summed E-state index contributed by atoms with van der Waals surface area (Å²) in [5.41, 5.74) is 4.14. The average molecular weight is 406 g/mol. The number of benzene rings is 1. The van der Waals surface area contributed by atoms with Crippen LogP contribution < -0.4 is 5.32 Å². The average Bonchev–Trinajstić information content (AvgIpc) is 3.35. The molecule has 6 nitrogen and oxygen atoms in total. The van der Waals surface area contributed by atoms with E-state index in [1.165, 1.54) is 22.5 Å². The molecule has 0 aliphatic carbocycles. The molecule has 148 valence electrons. The van der Waals surface area contributed by atoms with E-state index in [1.54, 1.807) is 6.08 Å². The summed E-state index contributed by atoms with van der Waals surface area (Å²) < 4.78 is 1.95. The van der Waals surface area contributed by atoms with Gasteiger partial charge in [0.1, 0.15) is 16.6 Å². The Balaban J connectivity index is 1.81. The zero-order valence-corrected chi connectivity index (χ0v) is 17.6. The Morgan fingerprint density at radius 2 is 2.10 bits per heavy atom. The lowest BCUT2D eigenvalue weighted by Crippen LogP contribution is -2.13. The highest BCUT2D eigenvalue weighted by Gasteiger charge is 2.14. The van der Waals surface area contributed by atoms with Gasteiger partial charge in [-0.2, -0.15) is 5.26 Å². The largest absolute Gasteiger partial charge is 0.317 e. The van der Waals surface area contributed by atoms with Gasteiger partial charge in [0.15, 0.2) is 0 Å². The molecule has 0 aliphatic heterocycles. The summed E-state index contributed by atoms with van der Waals surface area (Å²) in [6, 6.07) is 11.9. The first-order valence-electron chi connectivity index (χ1n) is 9.52. The first kappa shape index (κ1) is 20.5. The Morgan fingerprint density at radius 1 is 1.28 bits per heavy atom. The quantitative estimate of drug-likeness (QED) is 0.450.